The number of hydrogen-bond donors (Lipinski definition) is 1. The van der Waals surface area contributed by atoms with Crippen molar-refractivity contribution in [1.82, 2.24) is 5.32 Å². The Kier molecular flexibility index (Phi) is 7.36. The molecule has 0 aliphatic carbocycles. The predicted molar refractivity (Wildman–Crippen MR) is 81.3 cm³/mol. The lowest BCUT2D eigenvalue weighted by atomic mass is 9.97. The second-order valence-corrected chi connectivity index (χ2v) is 5.51. The van der Waals surface area contributed by atoms with E-state index >= 15 is 0 Å². The van der Waals surface area contributed by atoms with Crippen LogP contribution in [0.1, 0.15) is 32.3 Å². The van der Waals surface area contributed by atoms with Gasteiger partial charge >= 0.3 is 0 Å². The molecule has 0 amide bonds. The van der Waals surface area contributed by atoms with E-state index in [4.69, 9.17) is 4.74 Å². The van der Waals surface area contributed by atoms with Crippen LogP contribution < -0.4 is 10.1 Å². The second kappa shape index (κ2) is 8.54. The van der Waals surface area contributed by atoms with Gasteiger partial charge in [0.15, 0.2) is 0 Å². The quantitative estimate of drug-likeness (QED) is 0.732. The molecule has 0 spiro atoms. The van der Waals surface area contributed by atoms with Crippen LogP contribution >= 0.6 is 15.9 Å². The Labute approximate surface area is 119 Å². The first-order chi connectivity index (χ1) is 8.71. The van der Waals surface area contributed by atoms with Gasteiger partial charge in [0, 0.05) is 0 Å². The van der Waals surface area contributed by atoms with Crippen LogP contribution in [0.15, 0.2) is 22.7 Å². The smallest absolute Gasteiger partial charge is 0.133 e. The van der Waals surface area contributed by atoms with Crippen LogP contribution in [0.4, 0.5) is 0 Å². The molecule has 2 nitrogen and oxygen atoms in total. The number of hydrogen-bond acceptors (Lipinski definition) is 2. The normalized spacial score (nSPS) is 12.4. The number of halogens is 1. The van der Waals surface area contributed by atoms with Gasteiger partial charge in [0.25, 0.3) is 0 Å². The van der Waals surface area contributed by atoms with Crippen molar-refractivity contribution < 1.29 is 4.74 Å². The van der Waals surface area contributed by atoms with Gasteiger partial charge in [-0.1, -0.05) is 26.3 Å². The molecule has 1 atom stereocenters. The Bertz CT molecular complexity index is 354. The summed E-state index contributed by atoms with van der Waals surface area (Å²) in [4.78, 5) is 0. The van der Waals surface area contributed by atoms with Crippen molar-refractivity contribution in [2.24, 2.45) is 5.92 Å². The summed E-state index contributed by atoms with van der Waals surface area (Å²) in [6, 6.07) is 6.36. The van der Waals surface area contributed by atoms with Crippen LogP contribution in [0.2, 0.25) is 0 Å². The predicted octanol–water partition coefficient (Wildman–Crippen LogP) is 4.03. The number of rotatable bonds is 8. The van der Waals surface area contributed by atoms with Crippen LogP contribution in [0, 0.1) is 5.92 Å². The standard InChI is InChI=1S/C15H24BrNO/c1-4-8-17-11-12(5-2)9-13-6-7-15(18-3)14(16)10-13/h6-7,10,12,17H,4-5,8-9,11H2,1-3H3. The topological polar surface area (TPSA) is 21.3 Å². The Hall–Kier alpha value is -0.540. The van der Waals surface area contributed by atoms with Gasteiger partial charge in [0.05, 0.1) is 11.6 Å². The Morgan fingerprint density at radius 2 is 2.11 bits per heavy atom. The molecule has 1 aromatic carbocycles. The third kappa shape index (κ3) is 4.99. The van der Waals surface area contributed by atoms with E-state index < -0.39 is 0 Å². The summed E-state index contributed by atoms with van der Waals surface area (Å²) < 4.78 is 6.29. The fraction of sp³-hybridized carbons (Fsp3) is 0.600. The summed E-state index contributed by atoms with van der Waals surface area (Å²) in [7, 11) is 1.70. The molecule has 3 heteroatoms. The van der Waals surface area contributed by atoms with Crippen LogP contribution in [-0.4, -0.2) is 20.2 Å². The fourth-order valence-electron chi connectivity index (χ4n) is 2.01. The molecule has 0 saturated carbocycles. The van der Waals surface area contributed by atoms with E-state index in [1.807, 2.05) is 6.07 Å². The van der Waals surface area contributed by atoms with Gasteiger partial charge in [-0.3, -0.25) is 0 Å². The molecule has 1 aromatic rings. The third-order valence-corrected chi connectivity index (χ3v) is 3.80. The molecule has 0 bridgehead atoms. The van der Waals surface area contributed by atoms with Crippen molar-refractivity contribution in [3.8, 4) is 5.75 Å². The maximum absolute atomic E-state index is 5.25. The van der Waals surface area contributed by atoms with Crippen molar-refractivity contribution in [2.45, 2.75) is 33.1 Å². The number of benzene rings is 1. The minimum atomic E-state index is 0.705. The van der Waals surface area contributed by atoms with Crippen LogP contribution in [-0.2, 0) is 6.42 Å². The van der Waals surface area contributed by atoms with E-state index in [1.54, 1.807) is 7.11 Å². The van der Waals surface area contributed by atoms with E-state index in [1.165, 1.54) is 18.4 Å². The molecule has 0 saturated heterocycles. The zero-order valence-corrected chi connectivity index (χ0v) is 13.2. The highest BCUT2D eigenvalue weighted by Crippen LogP contribution is 2.26. The minimum absolute atomic E-state index is 0.705. The molecular weight excluding hydrogens is 290 g/mol. The number of ether oxygens (including phenoxy) is 1. The van der Waals surface area contributed by atoms with Crippen LogP contribution in [0.5, 0.6) is 5.75 Å². The van der Waals surface area contributed by atoms with Crippen molar-refractivity contribution in [2.75, 3.05) is 20.2 Å². The summed E-state index contributed by atoms with van der Waals surface area (Å²) in [5.41, 5.74) is 1.37. The van der Waals surface area contributed by atoms with Gasteiger partial charge in [-0.15, -0.1) is 0 Å². The second-order valence-electron chi connectivity index (χ2n) is 4.65. The fourth-order valence-corrected chi connectivity index (χ4v) is 2.60. The highest BCUT2D eigenvalue weighted by molar-refractivity contribution is 9.10. The molecule has 1 rings (SSSR count). The summed E-state index contributed by atoms with van der Waals surface area (Å²) in [5, 5.41) is 3.51. The number of nitrogens with one attached hydrogen (secondary N) is 1. The Morgan fingerprint density at radius 1 is 1.33 bits per heavy atom. The molecule has 0 aromatic heterocycles. The van der Waals surface area contributed by atoms with Gasteiger partial charge in [-0.2, -0.15) is 0 Å². The molecule has 18 heavy (non-hydrogen) atoms. The van der Waals surface area contributed by atoms with Gasteiger partial charge in [0.1, 0.15) is 5.75 Å². The van der Waals surface area contributed by atoms with Gasteiger partial charge in [0.2, 0.25) is 0 Å². The molecular formula is C15H24BrNO. The summed E-state index contributed by atoms with van der Waals surface area (Å²) in [5.74, 6) is 1.60. The third-order valence-electron chi connectivity index (χ3n) is 3.18. The largest absolute Gasteiger partial charge is 0.496 e. The molecule has 0 radical (unpaired) electrons. The summed E-state index contributed by atoms with van der Waals surface area (Å²) in [6.07, 6.45) is 3.53. The lowest BCUT2D eigenvalue weighted by molar-refractivity contribution is 0.411. The molecule has 0 heterocycles. The summed E-state index contributed by atoms with van der Waals surface area (Å²) >= 11 is 3.54. The monoisotopic (exact) mass is 313 g/mol. The highest BCUT2D eigenvalue weighted by atomic mass is 79.9. The molecule has 1 N–H and O–H groups in total. The Morgan fingerprint density at radius 3 is 2.67 bits per heavy atom. The lowest BCUT2D eigenvalue weighted by Gasteiger charge is -2.16. The highest BCUT2D eigenvalue weighted by Gasteiger charge is 2.08. The van der Waals surface area contributed by atoms with Gasteiger partial charge in [-0.25, -0.2) is 0 Å². The zero-order valence-electron chi connectivity index (χ0n) is 11.6. The lowest BCUT2D eigenvalue weighted by Crippen LogP contribution is -2.24. The SMILES string of the molecule is CCCNCC(CC)Cc1ccc(OC)c(Br)c1. The van der Waals surface area contributed by atoms with E-state index in [2.05, 4.69) is 47.2 Å². The minimum Gasteiger partial charge on any atom is -0.496 e. The number of methoxy groups -OCH3 is 1. The molecule has 0 aliphatic rings. The van der Waals surface area contributed by atoms with Crippen LogP contribution in [0.25, 0.3) is 0 Å². The van der Waals surface area contributed by atoms with E-state index in [0.29, 0.717) is 5.92 Å². The average Bonchev–Trinajstić information content (AvgIpc) is 2.38. The van der Waals surface area contributed by atoms with Crippen molar-refractivity contribution in [1.29, 1.82) is 0 Å². The molecule has 1 unspecified atom stereocenters. The van der Waals surface area contributed by atoms with E-state index in [9.17, 15) is 0 Å². The van der Waals surface area contributed by atoms with Crippen molar-refractivity contribution >= 4 is 15.9 Å². The van der Waals surface area contributed by atoms with E-state index in [-0.39, 0.29) is 0 Å². The molecule has 0 fully saturated rings. The maximum Gasteiger partial charge on any atom is 0.133 e. The van der Waals surface area contributed by atoms with Crippen molar-refractivity contribution in [3.63, 3.8) is 0 Å². The van der Waals surface area contributed by atoms with Crippen LogP contribution in [0.3, 0.4) is 0 Å². The first-order valence-corrected chi connectivity index (χ1v) is 7.53. The molecule has 0 aliphatic heterocycles. The van der Waals surface area contributed by atoms with Crippen molar-refractivity contribution in [3.05, 3.63) is 28.2 Å². The van der Waals surface area contributed by atoms with Gasteiger partial charge in [-0.05, 0) is 65.5 Å². The first kappa shape index (κ1) is 15.5. The maximum atomic E-state index is 5.25. The average molecular weight is 314 g/mol. The van der Waals surface area contributed by atoms with E-state index in [0.717, 1.165) is 29.7 Å². The first-order valence-electron chi connectivity index (χ1n) is 6.74. The molecule has 102 valence electrons. The zero-order chi connectivity index (χ0) is 13.4. The summed E-state index contributed by atoms with van der Waals surface area (Å²) in [6.45, 7) is 6.68. The van der Waals surface area contributed by atoms with Gasteiger partial charge < -0.3 is 10.1 Å². The Balaban J connectivity index is 2.55.